The first-order valence-electron chi connectivity index (χ1n) is 10.6. The fourth-order valence-corrected chi connectivity index (χ4v) is 4.32. The van der Waals surface area contributed by atoms with Crippen LogP contribution < -0.4 is 5.32 Å². The number of carbonyl (C=O) groups is 2. The predicted octanol–water partition coefficient (Wildman–Crippen LogP) is 6.12. The highest BCUT2D eigenvalue weighted by molar-refractivity contribution is 7.99. The van der Waals surface area contributed by atoms with Crippen molar-refractivity contribution in [3.05, 3.63) is 63.6 Å². The van der Waals surface area contributed by atoms with Gasteiger partial charge in [0.25, 0.3) is 0 Å². The number of halogens is 2. The molecule has 0 aromatic heterocycles. The second-order valence-corrected chi connectivity index (χ2v) is 9.38. The van der Waals surface area contributed by atoms with Crippen LogP contribution in [0.3, 0.4) is 0 Å². The summed E-state index contributed by atoms with van der Waals surface area (Å²) in [6.07, 6.45) is 1.72. The molecule has 0 aliphatic rings. The number of hydrogen-bond donors (Lipinski definition) is 1. The fourth-order valence-electron chi connectivity index (χ4n) is 3.15. The number of amides is 2. The van der Waals surface area contributed by atoms with Gasteiger partial charge in [0.2, 0.25) is 11.8 Å². The molecule has 2 aromatic carbocycles. The lowest BCUT2D eigenvalue weighted by Crippen LogP contribution is -2.49. The lowest BCUT2D eigenvalue weighted by Gasteiger charge is -2.30. The predicted molar refractivity (Wildman–Crippen MR) is 131 cm³/mol. The van der Waals surface area contributed by atoms with Gasteiger partial charge in [-0.1, -0.05) is 60.8 Å². The third-order valence-electron chi connectivity index (χ3n) is 4.88. The monoisotopic (exact) mass is 480 g/mol. The van der Waals surface area contributed by atoms with Crippen LogP contribution in [0.1, 0.15) is 44.2 Å². The molecule has 0 aliphatic heterocycles. The van der Waals surface area contributed by atoms with E-state index in [1.54, 1.807) is 28.8 Å². The Balaban J connectivity index is 2.13. The van der Waals surface area contributed by atoms with E-state index in [1.165, 1.54) is 5.56 Å². The van der Waals surface area contributed by atoms with E-state index in [4.69, 9.17) is 23.2 Å². The van der Waals surface area contributed by atoms with E-state index < -0.39 is 6.04 Å². The van der Waals surface area contributed by atoms with Crippen LogP contribution in [0.5, 0.6) is 0 Å². The Morgan fingerprint density at radius 3 is 2.39 bits per heavy atom. The highest BCUT2D eigenvalue weighted by Gasteiger charge is 2.28. The van der Waals surface area contributed by atoms with E-state index in [2.05, 4.69) is 29.6 Å². The van der Waals surface area contributed by atoms with Crippen LogP contribution in [0.4, 0.5) is 0 Å². The van der Waals surface area contributed by atoms with Gasteiger partial charge in [-0.15, -0.1) is 11.8 Å². The van der Waals surface area contributed by atoms with Crippen molar-refractivity contribution in [1.82, 2.24) is 10.2 Å². The quantitative estimate of drug-likeness (QED) is 0.394. The standard InChI is InChI=1S/C24H30Cl2N2O2S/c1-4-13-27-24(30)22(5-2)28(16-18-8-11-20(25)21(26)15-18)23(29)12-14-31-19-9-6-17(3)7-10-19/h6-11,15,22H,4-5,12-14,16H2,1-3H3,(H,27,30)/t22-/m0/s1. The van der Waals surface area contributed by atoms with Crippen LogP contribution in [-0.2, 0) is 16.1 Å². The van der Waals surface area contributed by atoms with Crippen LogP contribution in [0, 0.1) is 6.92 Å². The average Bonchev–Trinajstić information content (AvgIpc) is 2.75. The summed E-state index contributed by atoms with van der Waals surface area (Å²) in [5.74, 6) is 0.473. The Bertz CT molecular complexity index is 874. The smallest absolute Gasteiger partial charge is 0.242 e. The van der Waals surface area contributed by atoms with E-state index in [-0.39, 0.29) is 11.8 Å². The molecule has 0 spiro atoms. The topological polar surface area (TPSA) is 49.4 Å². The largest absolute Gasteiger partial charge is 0.354 e. The number of nitrogens with one attached hydrogen (secondary N) is 1. The van der Waals surface area contributed by atoms with Crippen molar-refractivity contribution in [2.45, 2.75) is 57.5 Å². The van der Waals surface area contributed by atoms with Gasteiger partial charge in [0.1, 0.15) is 6.04 Å². The highest BCUT2D eigenvalue weighted by Crippen LogP contribution is 2.25. The maximum absolute atomic E-state index is 13.2. The number of hydrogen-bond acceptors (Lipinski definition) is 3. The summed E-state index contributed by atoms with van der Waals surface area (Å²) in [6.45, 7) is 6.87. The van der Waals surface area contributed by atoms with Crippen LogP contribution >= 0.6 is 35.0 Å². The molecule has 0 aliphatic carbocycles. The minimum absolute atomic E-state index is 0.0517. The van der Waals surface area contributed by atoms with Crippen molar-refractivity contribution in [3.63, 3.8) is 0 Å². The highest BCUT2D eigenvalue weighted by atomic mass is 35.5. The molecule has 0 saturated carbocycles. The Morgan fingerprint density at radius 2 is 1.77 bits per heavy atom. The van der Waals surface area contributed by atoms with Crippen molar-refractivity contribution in [1.29, 1.82) is 0 Å². The number of aryl methyl sites for hydroxylation is 1. The third kappa shape index (κ3) is 8.06. The van der Waals surface area contributed by atoms with Gasteiger partial charge in [0, 0.05) is 30.2 Å². The van der Waals surface area contributed by atoms with Crippen molar-refractivity contribution in [2.75, 3.05) is 12.3 Å². The summed E-state index contributed by atoms with van der Waals surface area (Å²) in [5, 5.41) is 3.83. The zero-order valence-electron chi connectivity index (χ0n) is 18.3. The molecule has 0 radical (unpaired) electrons. The summed E-state index contributed by atoms with van der Waals surface area (Å²) < 4.78 is 0. The van der Waals surface area contributed by atoms with Crippen LogP contribution in [0.15, 0.2) is 47.4 Å². The molecular formula is C24H30Cl2N2O2S. The van der Waals surface area contributed by atoms with Gasteiger partial charge in [-0.2, -0.15) is 0 Å². The molecule has 0 unspecified atom stereocenters. The van der Waals surface area contributed by atoms with Gasteiger partial charge in [-0.25, -0.2) is 0 Å². The van der Waals surface area contributed by atoms with Gasteiger partial charge >= 0.3 is 0 Å². The molecule has 1 atom stereocenters. The molecular weight excluding hydrogens is 451 g/mol. The summed E-state index contributed by atoms with van der Waals surface area (Å²) in [4.78, 5) is 28.7. The number of nitrogens with zero attached hydrogens (tertiary/aromatic N) is 1. The molecule has 2 rings (SSSR count). The summed E-state index contributed by atoms with van der Waals surface area (Å²) in [5.41, 5.74) is 2.05. The SMILES string of the molecule is CCCNC(=O)[C@H](CC)N(Cc1ccc(Cl)c(Cl)c1)C(=O)CCSc1ccc(C)cc1. The Morgan fingerprint density at radius 1 is 1.06 bits per heavy atom. The lowest BCUT2D eigenvalue weighted by atomic mass is 10.1. The molecule has 4 nitrogen and oxygen atoms in total. The zero-order chi connectivity index (χ0) is 22.8. The van der Waals surface area contributed by atoms with Gasteiger partial charge in [-0.05, 0) is 49.6 Å². The molecule has 168 valence electrons. The maximum atomic E-state index is 13.2. The molecule has 0 fully saturated rings. The lowest BCUT2D eigenvalue weighted by molar-refractivity contribution is -0.141. The zero-order valence-corrected chi connectivity index (χ0v) is 20.6. The molecule has 0 saturated heterocycles. The minimum atomic E-state index is -0.530. The third-order valence-corrected chi connectivity index (χ3v) is 6.63. The van der Waals surface area contributed by atoms with Crippen molar-refractivity contribution in [3.8, 4) is 0 Å². The number of rotatable bonds is 11. The molecule has 2 aromatic rings. The van der Waals surface area contributed by atoms with E-state index in [0.29, 0.717) is 41.7 Å². The Labute approximate surface area is 199 Å². The second kappa shape index (κ2) is 13.0. The van der Waals surface area contributed by atoms with Crippen LogP contribution in [0.2, 0.25) is 10.0 Å². The van der Waals surface area contributed by atoms with Gasteiger partial charge in [-0.3, -0.25) is 9.59 Å². The van der Waals surface area contributed by atoms with Crippen LogP contribution in [-0.4, -0.2) is 35.1 Å². The Kier molecular flexibility index (Phi) is 10.7. The van der Waals surface area contributed by atoms with E-state index in [9.17, 15) is 9.59 Å². The Hall–Kier alpha value is -1.69. The first kappa shape index (κ1) is 25.6. The normalized spacial score (nSPS) is 11.8. The van der Waals surface area contributed by atoms with Gasteiger partial charge in [0.15, 0.2) is 0 Å². The number of carbonyl (C=O) groups excluding carboxylic acids is 2. The first-order valence-corrected chi connectivity index (χ1v) is 12.3. The number of benzene rings is 2. The van der Waals surface area contributed by atoms with E-state index >= 15 is 0 Å². The first-order chi connectivity index (χ1) is 14.8. The second-order valence-electron chi connectivity index (χ2n) is 7.40. The fraction of sp³-hybridized carbons (Fsp3) is 0.417. The molecule has 7 heteroatoms. The molecule has 1 N–H and O–H groups in total. The molecule has 0 bridgehead atoms. The summed E-state index contributed by atoms with van der Waals surface area (Å²) >= 11 is 13.8. The molecule has 0 heterocycles. The van der Waals surface area contributed by atoms with Crippen molar-refractivity contribution < 1.29 is 9.59 Å². The van der Waals surface area contributed by atoms with Crippen LogP contribution in [0.25, 0.3) is 0 Å². The van der Waals surface area contributed by atoms with Crippen molar-refractivity contribution in [2.24, 2.45) is 0 Å². The minimum Gasteiger partial charge on any atom is -0.354 e. The van der Waals surface area contributed by atoms with Gasteiger partial charge in [0.05, 0.1) is 10.0 Å². The van der Waals surface area contributed by atoms with Gasteiger partial charge < -0.3 is 10.2 Å². The maximum Gasteiger partial charge on any atom is 0.242 e. The molecule has 2 amide bonds. The average molecular weight is 481 g/mol. The van der Waals surface area contributed by atoms with Crippen molar-refractivity contribution >= 4 is 46.8 Å². The summed E-state index contributed by atoms with van der Waals surface area (Å²) in [6, 6.07) is 13.0. The molecule has 31 heavy (non-hydrogen) atoms. The number of thioether (sulfide) groups is 1. The summed E-state index contributed by atoms with van der Waals surface area (Å²) in [7, 11) is 0. The van der Waals surface area contributed by atoms with E-state index in [0.717, 1.165) is 16.9 Å². The van der Waals surface area contributed by atoms with E-state index in [1.807, 2.05) is 26.8 Å².